The van der Waals surface area contributed by atoms with E-state index in [0.717, 1.165) is 5.56 Å². The number of carbonyl (C=O) groups is 1. The first-order chi connectivity index (χ1) is 7.65. The first kappa shape index (κ1) is 12.5. The molecule has 0 aliphatic carbocycles. The number of hydrogen-bond donors (Lipinski definition) is 0. The maximum atomic E-state index is 11.6. The molecule has 4 heteroatoms. The van der Waals surface area contributed by atoms with E-state index in [0.29, 0.717) is 23.7 Å². The van der Waals surface area contributed by atoms with Crippen molar-refractivity contribution in [3.8, 4) is 11.5 Å². The minimum atomic E-state index is -0.0669. The van der Waals surface area contributed by atoms with Crippen molar-refractivity contribution in [1.29, 1.82) is 0 Å². The Labute approximate surface area is 95.1 Å². The first-order valence-electron chi connectivity index (χ1n) is 4.89. The molecule has 0 amide bonds. The molecule has 0 aliphatic heterocycles. The SMILES string of the molecule is COCc1ccc(OC)c(OC)c1C(C)=O. The van der Waals surface area contributed by atoms with Crippen LogP contribution in [0.5, 0.6) is 11.5 Å². The van der Waals surface area contributed by atoms with Gasteiger partial charge in [-0.3, -0.25) is 4.79 Å². The van der Waals surface area contributed by atoms with Gasteiger partial charge in [-0.15, -0.1) is 0 Å². The number of carbonyl (C=O) groups excluding carboxylic acids is 1. The van der Waals surface area contributed by atoms with Gasteiger partial charge in [0.1, 0.15) is 0 Å². The van der Waals surface area contributed by atoms with Crippen molar-refractivity contribution >= 4 is 5.78 Å². The summed E-state index contributed by atoms with van der Waals surface area (Å²) in [4.78, 5) is 11.6. The molecule has 0 spiro atoms. The summed E-state index contributed by atoms with van der Waals surface area (Å²) in [7, 11) is 4.64. The quantitative estimate of drug-likeness (QED) is 0.718. The van der Waals surface area contributed by atoms with Gasteiger partial charge in [0.25, 0.3) is 0 Å². The summed E-state index contributed by atoms with van der Waals surface area (Å²) in [6.07, 6.45) is 0. The maximum Gasteiger partial charge on any atom is 0.171 e. The molecule has 0 fully saturated rings. The van der Waals surface area contributed by atoms with Gasteiger partial charge in [0.2, 0.25) is 0 Å². The van der Waals surface area contributed by atoms with Crippen LogP contribution in [0, 0.1) is 0 Å². The highest BCUT2D eigenvalue weighted by Crippen LogP contribution is 2.33. The van der Waals surface area contributed by atoms with Gasteiger partial charge in [-0.2, -0.15) is 0 Å². The number of rotatable bonds is 5. The zero-order valence-corrected chi connectivity index (χ0v) is 9.99. The van der Waals surface area contributed by atoms with Gasteiger partial charge in [0.05, 0.1) is 26.4 Å². The van der Waals surface area contributed by atoms with E-state index in [2.05, 4.69) is 0 Å². The Morgan fingerprint density at radius 2 is 1.88 bits per heavy atom. The van der Waals surface area contributed by atoms with Crippen molar-refractivity contribution in [2.24, 2.45) is 0 Å². The Balaban J connectivity index is 3.37. The molecule has 0 saturated heterocycles. The van der Waals surface area contributed by atoms with Crippen LogP contribution in [0.1, 0.15) is 22.8 Å². The fraction of sp³-hybridized carbons (Fsp3) is 0.417. The highest BCUT2D eigenvalue weighted by atomic mass is 16.5. The van der Waals surface area contributed by atoms with Crippen molar-refractivity contribution in [2.75, 3.05) is 21.3 Å². The minimum Gasteiger partial charge on any atom is -0.493 e. The van der Waals surface area contributed by atoms with Crippen LogP contribution in [-0.2, 0) is 11.3 Å². The molecule has 0 N–H and O–H groups in total. The average Bonchev–Trinajstić information content (AvgIpc) is 2.28. The molecule has 0 atom stereocenters. The predicted molar refractivity (Wildman–Crippen MR) is 60.3 cm³/mol. The van der Waals surface area contributed by atoms with Gasteiger partial charge >= 0.3 is 0 Å². The Morgan fingerprint density at radius 1 is 1.19 bits per heavy atom. The molecule has 16 heavy (non-hydrogen) atoms. The summed E-state index contributed by atoms with van der Waals surface area (Å²) in [5.41, 5.74) is 1.32. The topological polar surface area (TPSA) is 44.8 Å². The summed E-state index contributed by atoms with van der Waals surface area (Å²) in [6.45, 7) is 1.87. The second-order valence-corrected chi connectivity index (χ2v) is 3.32. The lowest BCUT2D eigenvalue weighted by atomic mass is 10.0. The number of benzene rings is 1. The lowest BCUT2D eigenvalue weighted by Crippen LogP contribution is -2.05. The van der Waals surface area contributed by atoms with Crippen LogP contribution < -0.4 is 9.47 Å². The van der Waals surface area contributed by atoms with Crippen molar-refractivity contribution in [3.63, 3.8) is 0 Å². The lowest BCUT2D eigenvalue weighted by Gasteiger charge is -2.14. The van der Waals surface area contributed by atoms with Gasteiger partial charge in [0, 0.05) is 7.11 Å². The molecule has 4 nitrogen and oxygen atoms in total. The maximum absolute atomic E-state index is 11.6. The summed E-state index contributed by atoms with van der Waals surface area (Å²) in [5.74, 6) is 0.944. The molecule has 0 radical (unpaired) electrons. The van der Waals surface area contributed by atoms with E-state index in [1.807, 2.05) is 6.07 Å². The molecule has 1 aromatic rings. The standard InChI is InChI=1S/C12H16O4/c1-8(13)11-9(7-14-2)5-6-10(15-3)12(11)16-4/h5-6H,7H2,1-4H3. The Bertz CT molecular complexity index is 385. The molecular formula is C12H16O4. The molecule has 0 heterocycles. The molecule has 0 aromatic heterocycles. The fourth-order valence-corrected chi connectivity index (χ4v) is 1.63. The zero-order chi connectivity index (χ0) is 12.1. The van der Waals surface area contributed by atoms with E-state index in [1.165, 1.54) is 21.1 Å². The second-order valence-electron chi connectivity index (χ2n) is 3.32. The third kappa shape index (κ3) is 2.33. The molecule has 88 valence electrons. The van der Waals surface area contributed by atoms with Crippen LogP contribution in [0.4, 0.5) is 0 Å². The summed E-state index contributed by atoms with van der Waals surface area (Å²) in [6, 6.07) is 3.57. The van der Waals surface area contributed by atoms with E-state index >= 15 is 0 Å². The van der Waals surface area contributed by atoms with Crippen molar-refractivity contribution < 1.29 is 19.0 Å². The number of ether oxygens (including phenoxy) is 3. The minimum absolute atomic E-state index is 0.0669. The third-order valence-corrected chi connectivity index (χ3v) is 2.28. The van der Waals surface area contributed by atoms with Crippen molar-refractivity contribution in [3.05, 3.63) is 23.3 Å². The zero-order valence-electron chi connectivity index (χ0n) is 9.99. The van der Waals surface area contributed by atoms with E-state index < -0.39 is 0 Å². The Kier molecular flexibility index (Phi) is 4.31. The number of methoxy groups -OCH3 is 3. The van der Waals surface area contributed by atoms with Crippen LogP contribution in [0.15, 0.2) is 12.1 Å². The normalized spacial score (nSPS) is 10.0. The lowest BCUT2D eigenvalue weighted by molar-refractivity contribution is 0.100. The van der Waals surface area contributed by atoms with Crippen LogP contribution in [0.2, 0.25) is 0 Å². The average molecular weight is 224 g/mol. The first-order valence-corrected chi connectivity index (χ1v) is 4.89. The highest BCUT2D eigenvalue weighted by Gasteiger charge is 2.18. The molecule has 0 unspecified atom stereocenters. The molecule has 1 aromatic carbocycles. The van der Waals surface area contributed by atoms with Crippen LogP contribution >= 0.6 is 0 Å². The van der Waals surface area contributed by atoms with Crippen LogP contribution in [-0.4, -0.2) is 27.1 Å². The third-order valence-electron chi connectivity index (χ3n) is 2.28. The fourth-order valence-electron chi connectivity index (χ4n) is 1.63. The van der Waals surface area contributed by atoms with Gasteiger partial charge in [-0.25, -0.2) is 0 Å². The smallest absolute Gasteiger partial charge is 0.171 e. The Morgan fingerprint density at radius 3 is 2.31 bits per heavy atom. The number of Topliss-reactive ketones (excluding diaryl/α,β-unsaturated/α-hetero) is 1. The molecule has 0 bridgehead atoms. The summed E-state index contributed by atoms with van der Waals surface area (Å²) < 4.78 is 15.4. The van der Waals surface area contributed by atoms with Gasteiger partial charge in [-0.1, -0.05) is 6.07 Å². The molecule has 1 rings (SSSR count). The van der Waals surface area contributed by atoms with Crippen molar-refractivity contribution in [1.82, 2.24) is 0 Å². The predicted octanol–water partition coefficient (Wildman–Crippen LogP) is 2.05. The van der Waals surface area contributed by atoms with E-state index in [4.69, 9.17) is 14.2 Å². The summed E-state index contributed by atoms with van der Waals surface area (Å²) in [5, 5.41) is 0. The highest BCUT2D eigenvalue weighted by molar-refractivity contribution is 5.99. The molecular weight excluding hydrogens is 208 g/mol. The monoisotopic (exact) mass is 224 g/mol. The second kappa shape index (κ2) is 5.51. The molecule has 0 saturated carbocycles. The van der Waals surface area contributed by atoms with Crippen molar-refractivity contribution in [2.45, 2.75) is 13.5 Å². The van der Waals surface area contributed by atoms with Gasteiger partial charge < -0.3 is 14.2 Å². The van der Waals surface area contributed by atoms with E-state index in [1.54, 1.807) is 13.2 Å². The largest absolute Gasteiger partial charge is 0.493 e. The van der Waals surface area contributed by atoms with E-state index in [-0.39, 0.29) is 5.78 Å². The van der Waals surface area contributed by atoms with Gasteiger partial charge in [0.15, 0.2) is 17.3 Å². The van der Waals surface area contributed by atoms with Crippen LogP contribution in [0.3, 0.4) is 0 Å². The van der Waals surface area contributed by atoms with Gasteiger partial charge in [-0.05, 0) is 18.6 Å². The Hall–Kier alpha value is -1.55. The van der Waals surface area contributed by atoms with Crippen LogP contribution in [0.25, 0.3) is 0 Å². The number of hydrogen-bond acceptors (Lipinski definition) is 4. The number of ketones is 1. The summed E-state index contributed by atoms with van der Waals surface area (Å²) >= 11 is 0. The molecule has 0 aliphatic rings. The van der Waals surface area contributed by atoms with E-state index in [9.17, 15) is 4.79 Å².